The molecule has 0 aromatic carbocycles. The lowest BCUT2D eigenvalue weighted by Crippen LogP contribution is -2.49. The van der Waals surface area contributed by atoms with Crippen molar-refractivity contribution in [2.24, 2.45) is 5.92 Å². The first-order chi connectivity index (χ1) is 16.0. The number of hydrogen-bond donors (Lipinski definition) is 2. The van der Waals surface area contributed by atoms with Gasteiger partial charge in [-0.3, -0.25) is 9.48 Å². The van der Waals surface area contributed by atoms with Crippen molar-refractivity contribution in [2.75, 3.05) is 22.6 Å². The number of anilines is 3. The van der Waals surface area contributed by atoms with Gasteiger partial charge in [-0.25, -0.2) is 9.97 Å². The lowest BCUT2D eigenvalue weighted by Gasteiger charge is -2.36. The maximum Gasteiger partial charge on any atom is 0.433 e. The zero-order valence-corrected chi connectivity index (χ0v) is 19.2. The van der Waals surface area contributed by atoms with E-state index in [1.807, 2.05) is 25.8 Å². The second kappa shape index (κ2) is 8.92. The highest BCUT2D eigenvalue weighted by Crippen LogP contribution is 2.34. The SMILES string of the molecule is Cc1nc(NCc2cnn(Cc3cccc(C(F)(F)F)n3)c2)nc2c1NC(=O)C(C(C)C)N2C. The van der Waals surface area contributed by atoms with Crippen LogP contribution in [0.5, 0.6) is 0 Å². The van der Waals surface area contributed by atoms with Crippen molar-refractivity contribution in [1.29, 1.82) is 0 Å². The van der Waals surface area contributed by atoms with E-state index in [4.69, 9.17) is 0 Å². The Morgan fingerprint density at radius 1 is 1.21 bits per heavy atom. The molecule has 12 heteroatoms. The fourth-order valence-electron chi connectivity index (χ4n) is 3.95. The van der Waals surface area contributed by atoms with Crippen molar-refractivity contribution < 1.29 is 18.0 Å². The first kappa shape index (κ1) is 23.5. The molecule has 9 nitrogen and oxygen atoms in total. The van der Waals surface area contributed by atoms with Gasteiger partial charge in [0.15, 0.2) is 5.82 Å². The van der Waals surface area contributed by atoms with Crippen LogP contribution in [-0.2, 0) is 24.1 Å². The average Bonchev–Trinajstić information content (AvgIpc) is 3.20. The topological polar surface area (TPSA) is 101 Å². The molecule has 0 fully saturated rings. The summed E-state index contributed by atoms with van der Waals surface area (Å²) in [7, 11) is 1.84. The van der Waals surface area contributed by atoms with E-state index in [9.17, 15) is 18.0 Å². The van der Waals surface area contributed by atoms with Crippen molar-refractivity contribution in [3.63, 3.8) is 0 Å². The van der Waals surface area contributed by atoms with Crippen LogP contribution >= 0.6 is 0 Å². The summed E-state index contributed by atoms with van der Waals surface area (Å²) >= 11 is 0. The van der Waals surface area contributed by atoms with Gasteiger partial charge in [0, 0.05) is 25.4 Å². The lowest BCUT2D eigenvalue weighted by atomic mass is 9.99. The maximum atomic E-state index is 12.9. The summed E-state index contributed by atoms with van der Waals surface area (Å²) in [5.41, 5.74) is 1.36. The summed E-state index contributed by atoms with van der Waals surface area (Å²) in [6.07, 6.45) is -1.15. The van der Waals surface area contributed by atoms with Crippen molar-refractivity contribution in [3.05, 3.63) is 53.2 Å². The smallest absolute Gasteiger partial charge is 0.350 e. The van der Waals surface area contributed by atoms with Crippen LogP contribution in [0.2, 0.25) is 0 Å². The van der Waals surface area contributed by atoms with Crippen LogP contribution in [0.1, 0.15) is 36.5 Å². The molecule has 3 aromatic heterocycles. The van der Waals surface area contributed by atoms with Gasteiger partial charge >= 0.3 is 6.18 Å². The van der Waals surface area contributed by atoms with Crippen molar-refractivity contribution >= 4 is 23.4 Å². The van der Waals surface area contributed by atoms with Gasteiger partial charge in [0.1, 0.15) is 17.4 Å². The quantitative estimate of drug-likeness (QED) is 0.564. The number of carbonyl (C=O) groups is 1. The van der Waals surface area contributed by atoms with E-state index in [1.165, 1.54) is 16.8 Å². The summed E-state index contributed by atoms with van der Waals surface area (Å²) in [5, 5.41) is 10.3. The molecule has 0 saturated heterocycles. The van der Waals surface area contributed by atoms with Crippen molar-refractivity contribution in [2.45, 2.75) is 46.1 Å². The van der Waals surface area contributed by atoms with Gasteiger partial charge in [-0.2, -0.15) is 23.3 Å². The molecule has 1 amide bonds. The maximum absolute atomic E-state index is 12.9. The molecule has 0 aliphatic carbocycles. The largest absolute Gasteiger partial charge is 0.433 e. The summed E-state index contributed by atoms with van der Waals surface area (Å²) in [6, 6.07) is 3.46. The minimum atomic E-state index is -4.49. The number of nitrogens with zero attached hydrogens (tertiary/aromatic N) is 6. The Morgan fingerprint density at radius 2 is 1.97 bits per heavy atom. The van der Waals surface area contributed by atoms with E-state index in [0.717, 1.165) is 11.6 Å². The van der Waals surface area contributed by atoms with Crippen LogP contribution in [0.3, 0.4) is 0 Å². The molecule has 1 aliphatic heterocycles. The number of nitrogens with one attached hydrogen (secondary N) is 2. The Morgan fingerprint density at radius 3 is 2.68 bits per heavy atom. The second-order valence-corrected chi connectivity index (χ2v) is 8.53. The summed E-state index contributed by atoms with van der Waals surface area (Å²) in [5.74, 6) is 1.05. The van der Waals surface area contributed by atoms with Gasteiger partial charge in [-0.05, 0) is 25.0 Å². The van der Waals surface area contributed by atoms with Crippen molar-refractivity contribution in [3.8, 4) is 0 Å². The third kappa shape index (κ3) is 4.80. The minimum Gasteiger partial charge on any atom is -0.350 e. The molecule has 34 heavy (non-hydrogen) atoms. The van der Waals surface area contributed by atoms with Crippen LogP contribution < -0.4 is 15.5 Å². The molecular weight excluding hydrogens is 449 g/mol. The molecule has 2 N–H and O–H groups in total. The first-order valence-corrected chi connectivity index (χ1v) is 10.7. The van der Waals surface area contributed by atoms with E-state index in [0.29, 0.717) is 29.7 Å². The number of amides is 1. The number of halogens is 3. The minimum absolute atomic E-state index is 0.0833. The number of pyridine rings is 1. The molecular formula is C22H25F3N8O. The van der Waals surface area contributed by atoms with Gasteiger partial charge in [0.25, 0.3) is 0 Å². The summed E-state index contributed by atoms with van der Waals surface area (Å²) in [6.45, 7) is 6.23. The zero-order chi connectivity index (χ0) is 24.6. The zero-order valence-electron chi connectivity index (χ0n) is 19.2. The molecule has 180 valence electrons. The van der Waals surface area contributed by atoms with E-state index in [2.05, 4.69) is 30.7 Å². The van der Waals surface area contributed by atoms with Crippen LogP contribution in [-0.4, -0.2) is 43.7 Å². The third-order valence-corrected chi connectivity index (χ3v) is 5.53. The highest BCUT2D eigenvalue weighted by Gasteiger charge is 2.35. The van der Waals surface area contributed by atoms with Gasteiger partial charge in [0.2, 0.25) is 11.9 Å². The molecule has 0 spiro atoms. The number of hydrogen-bond acceptors (Lipinski definition) is 7. The first-order valence-electron chi connectivity index (χ1n) is 10.7. The van der Waals surface area contributed by atoms with Gasteiger partial charge in [-0.15, -0.1) is 0 Å². The molecule has 1 aliphatic rings. The second-order valence-electron chi connectivity index (χ2n) is 8.53. The Kier molecular flexibility index (Phi) is 6.15. The molecule has 0 radical (unpaired) electrons. The molecule has 0 saturated carbocycles. The number of rotatable bonds is 6. The predicted octanol–water partition coefficient (Wildman–Crippen LogP) is 3.47. The monoisotopic (exact) mass is 474 g/mol. The predicted molar refractivity (Wildman–Crippen MR) is 120 cm³/mol. The number of alkyl halides is 3. The Bertz CT molecular complexity index is 1210. The third-order valence-electron chi connectivity index (χ3n) is 5.53. The molecule has 4 rings (SSSR count). The molecule has 1 atom stereocenters. The molecule has 1 unspecified atom stereocenters. The number of aryl methyl sites for hydroxylation is 1. The van der Waals surface area contributed by atoms with Crippen LogP contribution in [0.15, 0.2) is 30.6 Å². The highest BCUT2D eigenvalue weighted by atomic mass is 19.4. The number of aromatic nitrogens is 5. The average molecular weight is 474 g/mol. The molecule has 4 heterocycles. The van der Waals surface area contributed by atoms with Gasteiger partial charge in [0.05, 0.1) is 24.1 Å². The lowest BCUT2D eigenvalue weighted by molar-refractivity contribution is -0.141. The van der Waals surface area contributed by atoms with E-state index in [-0.39, 0.29) is 30.1 Å². The fourth-order valence-corrected chi connectivity index (χ4v) is 3.95. The molecule has 3 aromatic rings. The number of carbonyl (C=O) groups excluding carboxylic acids is 1. The summed E-state index contributed by atoms with van der Waals surface area (Å²) in [4.78, 5) is 27.0. The van der Waals surface area contributed by atoms with E-state index >= 15 is 0 Å². The highest BCUT2D eigenvalue weighted by molar-refractivity contribution is 6.03. The summed E-state index contributed by atoms with van der Waals surface area (Å²) < 4.78 is 40.2. The standard InChI is InChI=1S/C22H25F3N8O/c1-12(2)18-20(34)30-17-13(3)28-21(31-19(17)32(18)4)26-8-14-9-27-33(10-14)11-15-6-5-7-16(29-15)22(23,24)25/h5-7,9-10,12,18H,8,11H2,1-4H3,(H,30,34)(H,26,28,31). The van der Waals surface area contributed by atoms with Crippen molar-refractivity contribution in [1.82, 2.24) is 24.7 Å². The van der Waals surface area contributed by atoms with E-state index < -0.39 is 11.9 Å². The van der Waals surface area contributed by atoms with Gasteiger partial charge < -0.3 is 15.5 Å². The number of fused-ring (bicyclic) bond motifs is 1. The van der Waals surface area contributed by atoms with Crippen LogP contribution in [0, 0.1) is 12.8 Å². The Hall–Kier alpha value is -3.70. The Labute approximate surface area is 194 Å². The molecule has 0 bridgehead atoms. The van der Waals surface area contributed by atoms with E-state index in [1.54, 1.807) is 19.3 Å². The number of likely N-dealkylation sites (N-methyl/N-ethyl adjacent to an activating group) is 1. The van der Waals surface area contributed by atoms with Crippen LogP contribution in [0.25, 0.3) is 0 Å². The normalized spacial score (nSPS) is 15.9. The Balaban J connectivity index is 1.45. The van der Waals surface area contributed by atoms with Gasteiger partial charge in [-0.1, -0.05) is 19.9 Å². The fraction of sp³-hybridized carbons (Fsp3) is 0.409. The van der Waals surface area contributed by atoms with Crippen LogP contribution in [0.4, 0.5) is 30.6 Å².